The summed E-state index contributed by atoms with van der Waals surface area (Å²) >= 11 is 5.19. The Balaban J connectivity index is 2.15. The van der Waals surface area contributed by atoms with Crippen molar-refractivity contribution in [2.45, 2.75) is 19.9 Å². The van der Waals surface area contributed by atoms with Gasteiger partial charge in [-0.1, -0.05) is 6.92 Å². The first-order valence-electron chi connectivity index (χ1n) is 4.78. The SMILES string of the molecule is CC(CCO)CNCc1ccc(Br)s1. The largest absolute Gasteiger partial charge is 0.396 e. The minimum Gasteiger partial charge on any atom is -0.396 e. The molecule has 0 bridgehead atoms. The number of halogens is 1. The van der Waals surface area contributed by atoms with Gasteiger partial charge in [0.25, 0.3) is 0 Å². The van der Waals surface area contributed by atoms with Crippen LogP contribution in [-0.4, -0.2) is 18.3 Å². The fraction of sp³-hybridized carbons (Fsp3) is 0.600. The first kappa shape index (κ1) is 12.2. The molecule has 1 aromatic heterocycles. The maximum absolute atomic E-state index is 8.72. The fourth-order valence-electron chi connectivity index (χ4n) is 1.21. The van der Waals surface area contributed by atoms with E-state index in [0.717, 1.165) is 19.5 Å². The van der Waals surface area contributed by atoms with Gasteiger partial charge in [-0.25, -0.2) is 0 Å². The van der Waals surface area contributed by atoms with Crippen molar-refractivity contribution in [2.24, 2.45) is 5.92 Å². The first-order valence-corrected chi connectivity index (χ1v) is 6.39. The van der Waals surface area contributed by atoms with Gasteiger partial charge in [0.1, 0.15) is 0 Å². The minimum absolute atomic E-state index is 0.285. The van der Waals surface area contributed by atoms with Crippen molar-refractivity contribution in [1.29, 1.82) is 0 Å². The predicted octanol–water partition coefficient (Wildman–Crippen LogP) is 2.62. The third-order valence-corrected chi connectivity index (χ3v) is 3.67. The van der Waals surface area contributed by atoms with Crippen molar-refractivity contribution >= 4 is 27.3 Å². The number of rotatable bonds is 6. The van der Waals surface area contributed by atoms with Crippen LogP contribution in [0.3, 0.4) is 0 Å². The molecule has 0 saturated heterocycles. The van der Waals surface area contributed by atoms with Crippen LogP contribution in [0.25, 0.3) is 0 Å². The quantitative estimate of drug-likeness (QED) is 0.838. The highest BCUT2D eigenvalue weighted by atomic mass is 79.9. The highest BCUT2D eigenvalue weighted by molar-refractivity contribution is 9.11. The van der Waals surface area contributed by atoms with Crippen LogP contribution < -0.4 is 5.32 Å². The topological polar surface area (TPSA) is 32.3 Å². The Morgan fingerprint density at radius 2 is 2.36 bits per heavy atom. The van der Waals surface area contributed by atoms with Gasteiger partial charge in [0, 0.05) is 18.0 Å². The molecule has 14 heavy (non-hydrogen) atoms. The second kappa shape index (κ2) is 6.56. The molecule has 1 unspecified atom stereocenters. The van der Waals surface area contributed by atoms with Crippen LogP contribution in [0.2, 0.25) is 0 Å². The Hall–Kier alpha value is 0.1000. The molecule has 1 heterocycles. The van der Waals surface area contributed by atoms with Gasteiger partial charge in [-0.15, -0.1) is 11.3 Å². The van der Waals surface area contributed by atoms with E-state index >= 15 is 0 Å². The van der Waals surface area contributed by atoms with Crippen molar-refractivity contribution in [3.8, 4) is 0 Å². The van der Waals surface area contributed by atoms with Crippen molar-refractivity contribution in [3.63, 3.8) is 0 Å². The molecule has 0 aliphatic rings. The number of hydrogen-bond acceptors (Lipinski definition) is 3. The standard InChI is InChI=1S/C10H16BrNOS/c1-8(4-5-13)6-12-7-9-2-3-10(11)14-9/h2-3,8,12-13H,4-7H2,1H3. The van der Waals surface area contributed by atoms with E-state index in [9.17, 15) is 0 Å². The summed E-state index contributed by atoms with van der Waals surface area (Å²) in [6.45, 7) is 4.32. The van der Waals surface area contributed by atoms with E-state index in [4.69, 9.17) is 5.11 Å². The summed E-state index contributed by atoms with van der Waals surface area (Å²) in [5.74, 6) is 0.545. The van der Waals surface area contributed by atoms with Crippen molar-refractivity contribution in [2.75, 3.05) is 13.2 Å². The van der Waals surface area contributed by atoms with E-state index < -0.39 is 0 Å². The molecule has 0 radical (unpaired) electrons. The highest BCUT2D eigenvalue weighted by Crippen LogP contribution is 2.21. The number of aliphatic hydroxyl groups excluding tert-OH is 1. The van der Waals surface area contributed by atoms with Gasteiger partial charge in [-0.2, -0.15) is 0 Å². The second-order valence-corrected chi connectivity index (χ2v) is 6.00. The van der Waals surface area contributed by atoms with E-state index in [1.165, 1.54) is 8.66 Å². The predicted molar refractivity (Wildman–Crippen MR) is 64.6 cm³/mol. The molecule has 0 amide bonds. The van der Waals surface area contributed by atoms with Gasteiger partial charge >= 0.3 is 0 Å². The summed E-state index contributed by atoms with van der Waals surface area (Å²) in [5, 5.41) is 12.1. The molecule has 0 saturated carbocycles. The maximum Gasteiger partial charge on any atom is 0.0701 e. The van der Waals surface area contributed by atoms with Crippen LogP contribution in [-0.2, 0) is 6.54 Å². The van der Waals surface area contributed by atoms with Gasteiger partial charge in [0.05, 0.1) is 3.79 Å². The van der Waals surface area contributed by atoms with Crippen LogP contribution in [0, 0.1) is 5.92 Å². The molecule has 0 aliphatic carbocycles. The Labute approximate surface area is 97.5 Å². The van der Waals surface area contributed by atoms with Crippen LogP contribution in [0.4, 0.5) is 0 Å². The molecule has 0 fully saturated rings. The lowest BCUT2D eigenvalue weighted by molar-refractivity contribution is 0.260. The summed E-state index contributed by atoms with van der Waals surface area (Å²) in [4.78, 5) is 1.34. The Morgan fingerprint density at radius 3 is 2.93 bits per heavy atom. The minimum atomic E-state index is 0.285. The van der Waals surface area contributed by atoms with Crippen molar-refractivity contribution < 1.29 is 5.11 Å². The summed E-state index contributed by atoms with van der Waals surface area (Å²) in [6.07, 6.45) is 0.876. The van der Waals surface area contributed by atoms with Gasteiger partial charge < -0.3 is 10.4 Å². The van der Waals surface area contributed by atoms with E-state index in [-0.39, 0.29) is 6.61 Å². The molecule has 80 valence electrons. The Kier molecular flexibility index (Phi) is 5.70. The van der Waals surface area contributed by atoms with Crippen LogP contribution in [0.1, 0.15) is 18.2 Å². The molecular formula is C10H16BrNOS. The van der Waals surface area contributed by atoms with E-state index in [1.54, 1.807) is 11.3 Å². The summed E-state index contributed by atoms with van der Waals surface area (Å²) in [5.41, 5.74) is 0. The summed E-state index contributed by atoms with van der Waals surface area (Å²) in [7, 11) is 0. The Morgan fingerprint density at radius 1 is 1.57 bits per heavy atom. The molecule has 4 heteroatoms. The van der Waals surface area contributed by atoms with Gasteiger partial charge in [0.15, 0.2) is 0 Å². The van der Waals surface area contributed by atoms with Crippen LogP contribution >= 0.6 is 27.3 Å². The second-order valence-electron chi connectivity index (χ2n) is 3.45. The van der Waals surface area contributed by atoms with Crippen molar-refractivity contribution in [3.05, 3.63) is 20.8 Å². The van der Waals surface area contributed by atoms with E-state index in [1.807, 2.05) is 0 Å². The zero-order chi connectivity index (χ0) is 10.4. The molecular weight excluding hydrogens is 262 g/mol. The monoisotopic (exact) mass is 277 g/mol. The fourth-order valence-corrected chi connectivity index (χ4v) is 2.66. The number of hydrogen-bond donors (Lipinski definition) is 2. The van der Waals surface area contributed by atoms with Gasteiger partial charge in [-0.05, 0) is 46.9 Å². The summed E-state index contributed by atoms with van der Waals surface area (Å²) < 4.78 is 1.18. The van der Waals surface area contributed by atoms with Crippen LogP contribution in [0.5, 0.6) is 0 Å². The third-order valence-electron chi connectivity index (χ3n) is 2.04. The van der Waals surface area contributed by atoms with E-state index in [0.29, 0.717) is 5.92 Å². The van der Waals surface area contributed by atoms with Gasteiger partial charge in [-0.3, -0.25) is 0 Å². The average Bonchev–Trinajstić information content (AvgIpc) is 2.52. The molecule has 1 rings (SSSR count). The maximum atomic E-state index is 8.72. The lowest BCUT2D eigenvalue weighted by Gasteiger charge is -2.09. The van der Waals surface area contributed by atoms with E-state index in [2.05, 4.69) is 40.3 Å². The first-order chi connectivity index (χ1) is 6.72. The molecule has 0 spiro atoms. The molecule has 1 atom stereocenters. The number of aliphatic hydroxyl groups is 1. The highest BCUT2D eigenvalue weighted by Gasteiger charge is 2.01. The zero-order valence-electron chi connectivity index (χ0n) is 8.29. The Bertz CT molecular complexity index is 264. The third kappa shape index (κ3) is 4.55. The molecule has 2 nitrogen and oxygen atoms in total. The number of thiophene rings is 1. The lowest BCUT2D eigenvalue weighted by atomic mass is 10.1. The molecule has 2 N–H and O–H groups in total. The average molecular weight is 278 g/mol. The zero-order valence-corrected chi connectivity index (χ0v) is 10.7. The number of nitrogens with one attached hydrogen (secondary N) is 1. The van der Waals surface area contributed by atoms with Crippen LogP contribution in [0.15, 0.2) is 15.9 Å². The molecule has 0 aromatic carbocycles. The smallest absolute Gasteiger partial charge is 0.0701 e. The van der Waals surface area contributed by atoms with Gasteiger partial charge in [0.2, 0.25) is 0 Å². The molecule has 1 aromatic rings. The summed E-state index contributed by atoms with van der Waals surface area (Å²) in [6, 6.07) is 4.19. The lowest BCUT2D eigenvalue weighted by Crippen LogP contribution is -2.20. The van der Waals surface area contributed by atoms with Crippen molar-refractivity contribution in [1.82, 2.24) is 5.32 Å². The normalized spacial score (nSPS) is 13.1. The molecule has 0 aliphatic heterocycles.